The van der Waals surface area contributed by atoms with Crippen molar-refractivity contribution in [3.05, 3.63) is 60.7 Å². The lowest BCUT2D eigenvalue weighted by Gasteiger charge is -2.42. The second-order valence-corrected chi connectivity index (χ2v) is 12.7. The highest BCUT2D eigenvalue weighted by atomic mass is 28.4. The van der Waals surface area contributed by atoms with E-state index in [-0.39, 0.29) is 24.0 Å². The lowest BCUT2D eigenvalue weighted by molar-refractivity contribution is -0.161. The van der Waals surface area contributed by atoms with Crippen LogP contribution in [-0.2, 0) is 18.8 Å². The number of benzene rings is 2. The van der Waals surface area contributed by atoms with Crippen LogP contribution in [0.4, 0.5) is 0 Å². The molecule has 0 bridgehead atoms. The number of rotatable bonds is 7. The fourth-order valence-electron chi connectivity index (χ4n) is 3.46. The van der Waals surface area contributed by atoms with Crippen molar-refractivity contribution in [1.29, 1.82) is 0 Å². The van der Waals surface area contributed by atoms with Gasteiger partial charge >= 0.3 is 11.9 Å². The molecular formula is C23H30O4Si. The van der Waals surface area contributed by atoms with Crippen molar-refractivity contribution < 1.29 is 18.8 Å². The number of hydrogen-bond donors (Lipinski definition) is 0. The summed E-state index contributed by atoms with van der Waals surface area (Å²) < 4.78 is 11.4. The van der Waals surface area contributed by atoms with Crippen LogP contribution < -0.4 is 10.4 Å². The molecule has 0 radical (unpaired) electrons. The molecule has 0 saturated heterocycles. The van der Waals surface area contributed by atoms with Crippen LogP contribution in [0, 0.1) is 5.92 Å². The molecule has 2 aromatic rings. The first kappa shape index (κ1) is 22.1. The molecule has 150 valence electrons. The van der Waals surface area contributed by atoms with Gasteiger partial charge in [-0.15, -0.1) is 0 Å². The molecule has 2 rings (SSSR count). The maximum absolute atomic E-state index is 12.3. The Kier molecular flexibility index (Phi) is 7.33. The van der Waals surface area contributed by atoms with Crippen molar-refractivity contribution in [2.75, 3.05) is 6.61 Å². The molecule has 0 atom stereocenters. The van der Waals surface area contributed by atoms with E-state index in [1.165, 1.54) is 0 Å². The van der Waals surface area contributed by atoms with Crippen molar-refractivity contribution in [1.82, 2.24) is 0 Å². The van der Waals surface area contributed by atoms with Crippen LogP contribution in [0.2, 0.25) is 5.04 Å². The minimum absolute atomic E-state index is 0.137. The van der Waals surface area contributed by atoms with Gasteiger partial charge in [-0.25, -0.2) is 4.79 Å². The summed E-state index contributed by atoms with van der Waals surface area (Å²) in [4.78, 5) is 24.2. The first-order valence-electron chi connectivity index (χ1n) is 9.65. The van der Waals surface area contributed by atoms with E-state index < -0.39 is 20.3 Å². The molecule has 0 N–H and O–H groups in total. The minimum Gasteiger partial charge on any atom is -0.396 e. The van der Waals surface area contributed by atoms with Gasteiger partial charge in [0, 0.05) is 6.42 Å². The van der Waals surface area contributed by atoms with Crippen LogP contribution in [-0.4, -0.2) is 26.9 Å². The van der Waals surface area contributed by atoms with E-state index in [9.17, 15) is 9.59 Å². The van der Waals surface area contributed by atoms with Crippen LogP contribution in [0.5, 0.6) is 0 Å². The standard InChI is InChI=1S/C23H30O4Si/c1-18(2)16-21(24)27-22(25)17-26-28(23(3,4)5,19-12-8-6-9-13-19)20-14-10-7-11-15-20/h6-15,18H,16-17H2,1-5H3. The predicted octanol–water partition coefficient (Wildman–Crippen LogP) is 3.68. The topological polar surface area (TPSA) is 52.6 Å². The highest BCUT2D eigenvalue weighted by Crippen LogP contribution is 2.36. The molecule has 0 aliphatic carbocycles. The third kappa shape index (κ3) is 5.18. The monoisotopic (exact) mass is 398 g/mol. The lowest BCUT2D eigenvalue weighted by Crippen LogP contribution is -2.67. The molecule has 0 amide bonds. The molecule has 4 nitrogen and oxygen atoms in total. The summed E-state index contributed by atoms with van der Waals surface area (Å²) >= 11 is 0. The largest absolute Gasteiger partial charge is 0.396 e. The quantitative estimate of drug-likeness (QED) is 0.406. The zero-order valence-electron chi connectivity index (χ0n) is 17.4. The van der Waals surface area contributed by atoms with Crippen LogP contribution in [0.25, 0.3) is 0 Å². The Balaban J connectivity index is 2.37. The number of esters is 2. The second kappa shape index (κ2) is 9.30. The minimum atomic E-state index is -2.81. The Hall–Kier alpha value is -2.24. The first-order valence-corrected chi connectivity index (χ1v) is 11.6. The summed E-state index contributed by atoms with van der Waals surface area (Å²) in [5, 5.41) is 1.92. The molecule has 0 unspecified atom stereocenters. The molecule has 5 heteroatoms. The van der Waals surface area contributed by atoms with Gasteiger partial charge in [0.1, 0.15) is 6.61 Å². The summed E-state index contributed by atoms with van der Waals surface area (Å²) in [6, 6.07) is 20.1. The van der Waals surface area contributed by atoms with Crippen molar-refractivity contribution in [3.63, 3.8) is 0 Å². The second-order valence-electron chi connectivity index (χ2n) is 8.40. The Labute approximate surface area is 169 Å². The average molecular weight is 399 g/mol. The molecular weight excluding hydrogens is 368 g/mol. The van der Waals surface area contributed by atoms with E-state index >= 15 is 0 Å². The van der Waals surface area contributed by atoms with Crippen molar-refractivity contribution in [2.24, 2.45) is 5.92 Å². The average Bonchev–Trinajstić information content (AvgIpc) is 2.62. The van der Waals surface area contributed by atoms with E-state index in [1.54, 1.807) is 0 Å². The number of ether oxygens (including phenoxy) is 1. The van der Waals surface area contributed by atoms with Crippen LogP contribution in [0.1, 0.15) is 41.0 Å². The zero-order valence-corrected chi connectivity index (χ0v) is 18.4. The van der Waals surface area contributed by atoms with Gasteiger partial charge in [-0.1, -0.05) is 95.3 Å². The van der Waals surface area contributed by atoms with Crippen molar-refractivity contribution in [3.8, 4) is 0 Å². The van der Waals surface area contributed by atoms with E-state index in [0.717, 1.165) is 10.4 Å². The third-order valence-corrected chi connectivity index (χ3v) is 9.61. The number of carbonyl (C=O) groups excluding carboxylic acids is 2. The number of hydrogen-bond acceptors (Lipinski definition) is 4. The fraction of sp³-hybridized carbons (Fsp3) is 0.391. The first-order chi connectivity index (χ1) is 13.2. The van der Waals surface area contributed by atoms with Gasteiger partial charge in [-0.3, -0.25) is 4.79 Å². The molecule has 0 aromatic heterocycles. The summed E-state index contributed by atoms with van der Waals surface area (Å²) in [5.41, 5.74) is 0. The SMILES string of the molecule is CC(C)CC(=O)OC(=O)CO[Si](c1ccccc1)(c1ccccc1)C(C)(C)C. The molecule has 28 heavy (non-hydrogen) atoms. The van der Waals surface area contributed by atoms with Gasteiger partial charge in [0.25, 0.3) is 8.32 Å². The summed E-state index contributed by atoms with van der Waals surface area (Å²) in [5.74, 6) is -1.01. The van der Waals surface area contributed by atoms with Gasteiger partial charge in [-0.05, 0) is 21.3 Å². The van der Waals surface area contributed by atoms with Crippen molar-refractivity contribution >= 4 is 30.6 Å². The predicted molar refractivity (Wildman–Crippen MR) is 114 cm³/mol. The van der Waals surface area contributed by atoms with Gasteiger partial charge in [0.15, 0.2) is 0 Å². The molecule has 2 aromatic carbocycles. The molecule has 0 fully saturated rings. The van der Waals surface area contributed by atoms with E-state index in [1.807, 2.05) is 50.2 Å². The molecule has 0 saturated carbocycles. The van der Waals surface area contributed by atoms with Crippen LogP contribution in [0.3, 0.4) is 0 Å². The summed E-state index contributed by atoms with van der Waals surface area (Å²) in [6.45, 7) is 9.96. The molecule has 0 aliphatic heterocycles. The summed E-state index contributed by atoms with van der Waals surface area (Å²) in [7, 11) is -2.81. The Morgan fingerprint density at radius 1 is 0.857 bits per heavy atom. The zero-order chi connectivity index (χ0) is 20.8. The van der Waals surface area contributed by atoms with Crippen LogP contribution in [0.15, 0.2) is 60.7 Å². The van der Waals surface area contributed by atoms with Gasteiger partial charge in [0.2, 0.25) is 0 Å². The molecule has 0 aliphatic rings. The maximum atomic E-state index is 12.3. The van der Waals surface area contributed by atoms with E-state index in [4.69, 9.17) is 9.16 Å². The highest BCUT2D eigenvalue weighted by molar-refractivity contribution is 6.99. The molecule has 0 heterocycles. The fourth-order valence-corrected chi connectivity index (χ4v) is 7.95. The Bertz CT molecular complexity index is 740. The van der Waals surface area contributed by atoms with Gasteiger partial charge < -0.3 is 9.16 Å². The van der Waals surface area contributed by atoms with Crippen LogP contribution >= 0.6 is 0 Å². The molecule has 0 spiro atoms. The van der Waals surface area contributed by atoms with Gasteiger partial charge in [0.05, 0.1) is 0 Å². The smallest absolute Gasteiger partial charge is 0.338 e. The van der Waals surface area contributed by atoms with Crippen molar-refractivity contribution in [2.45, 2.75) is 46.1 Å². The Morgan fingerprint density at radius 3 is 1.71 bits per heavy atom. The summed E-state index contributed by atoms with van der Waals surface area (Å²) in [6.07, 6.45) is 0.213. The highest BCUT2D eigenvalue weighted by Gasteiger charge is 2.50. The normalized spacial score (nSPS) is 12.1. The number of carbonyl (C=O) groups is 2. The maximum Gasteiger partial charge on any atom is 0.338 e. The lowest BCUT2D eigenvalue weighted by atomic mass is 10.1. The Morgan fingerprint density at radius 2 is 1.32 bits per heavy atom. The van der Waals surface area contributed by atoms with E-state index in [2.05, 4.69) is 45.0 Å². The van der Waals surface area contributed by atoms with E-state index in [0.29, 0.717) is 0 Å². The third-order valence-electron chi connectivity index (χ3n) is 4.63. The van der Waals surface area contributed by atoms with Gasteiger partial charge in [-0.2, -0.15) is 0 Å².